The largest absolute Gasteiger partial charge is 0.305 e. The summed E-state index contributed by atoms with van der Waals surface area (Å²) in [5.41, 5.74) is 1.58. The van der Waals surface area contributed by atoms with Gasteiger partial charge in [0.2, 0.25) is 5.78 Å². The van der Waals surface area contributed by atoms with Gasteiger partial charge >= 0.3 is 0 Å². The lowest BCUT2D eigenvalue weighted by molar-refractivity contribution is 0.111. The highest BCUT2D eigenvalue weighted by Gasteiger charge is 2.04. The maximum atomic E-state index is 10.7. The first kappa shape index (κ1) is 9.79. The summed E-state index contributed by atoms with van der Waals surface area (Å²) in [5.74, 6) is 0.555. The number of aromatic nitrogens is 3. The third-order valence-corrected chi connectivity index (χ3v) is 2.07. The van der Waals surface area contributed by atoms with Crippen molar-refractivity contribution in [3.8, 4) is 0 Å². The number of aldehydes is 1. The van der Waals surface area contributed by atoms with Gasteiger partial charge in [-0.2, -0.15) is 0 Å². The van der Waals surface area contributed by atoms with Crippen LogP contribution in [0.25, 0.3) is 5.78 Å². The van der Waals surface area contributed by atoms with Gasteiger partial charge in [0.05, 0.1) is 6.20 Å². The summed E-state index contributed by atoms with van der Waals surface area (Å²) in [6.45, 7) is 0.791. The molecule has 0 radical (unpaired) electrons. The summed E-state index contributed by atoms with van der Waals surface area (Å²) in [6.07, 6.45) is 5.96. The van der Waals surface area contributed by atoms with Gasteiger partial charge in [-0.05, 0) is 14.1 Å². The van der Waals surface area contributed by atoms with Crippen LogP contribution >= 0.6 is 0 Å². The van der Waals surface area contributed by atoms with Gasteiger partial charge in [-0.3, -0.25) is 9.20 Å². The Kier molecular flexibility index (Phi) is 2.47. The molecule has 0 aliphatic rings. The van der Waals surface area contributed by atoms with Crippen LogP contribution in [0.4, 0.5) is 0 Å². The van der Waals surface area contributed by atoms with E-state index in [9.17, 15) is 4.79 Å². The van der Waals surface area contributed by atoms with Crippen LogP contribution < -0.4 is 0 Å². The molecule has 0 atom stereocenters. The monoisotopic (exact) mass is 204 g/mol. The van der Waals surface area contributed by atoms with Gasteiger partial charge in [-0.15, -0.1) is 0 Å². The molecule has 0 aliphatic heterocycles. The molecule has 0 amide bonds. The number of rotatable bonds is 3. The van der Waals surface area contributed by atoms with Crippen LogP contribution in [-0.2, 0) is 6.54 Å². The van der Waals surface area contributed by atoms with Crippen molar-refractivity contribution < 1.29 is 4.79 Å². The average Bonchev–Trinajstić information content (AvgIpc) is 2.59. The van der Waals surface area contributed by atoms with Crippen LogP contribution in [0.1, 0.15) is 16.1 Å². The Morgan fingerprint density at radius 2 is 2.13 bits per heavy atom. The van der Waals surface area contributed by atoms with Crippen LogP contribution in [0, 0.1) is 0 Å². The Labute approximate surface area is 87.4 Å². The lowest BCUT2D eigenvalue weighted by Gasteiger charge is -2.09. The molecule has 0 saturated carbocycles. The molecule has 0 bridgehead atoms. The van der Waals surface area contributed by atoms with Crippen molar-refractivity contribution in [1.82, 2.24) is 19.3 Å². The molecule has 0 fully saturated rings. The van der Waals surface area contributed by atoms with Gasteiger partial charge in [-0.1, -0.05) is 0 Å². The van der Waals surface area contributed by atoms with Gasteiger partial charge in [-0.25, -0.2) is 9.97 Å². The van der Waals surface area contributed by atoms with E-state index < -0.39 is 0 Å². The van der Waals surface area contributed by atoms with Crippen molar-refractivity contribution in [3.05, 3.63) is 29.8 Å². The van der Waals surface area contributed by atoms with E-state index in [0.29, 0.717) is 11.5 Å². The minimum atomic E-state index is 0.526. The van der Waals surface area contributed by atoms with E-state index in [-0.39, 0.29) is 0 Å². The van der Waals surface area contributed by atoms with Crippen LogP contribution in [-0.4, -0.2) is 39.7 Å². The number of carbonyl (C=O) groups excluding carboxylic acids is 1. The molecular weight excluding hydrogens is 192 g/mol. The third kappa shape index (κ3) is 1.87. The molecule has 78 valence electrons. The second-order valence-electron chi connectivity index (χ2n) is 3.67. The predicted molar refractivity (Wildman–Crippen MR) is 55.8 cm³/mol. The second-order valence-corrected chi connectivity index (χ2v) is 3.67. The smallest absolute Gasteiger partial charge is 0.234 e. The van der Waals surface area contributed by atoms with Crippen molar-refractivity contribution in [2.45, 2.75) is 6.54 Å². The molecule has 0 aromatic carbocycles. The fourth-order valence-corrected chi connectivity index (χ4v) is 1.47. The van der Waals surface area contributed by atoms with E-state index in [4.69, 9.17) is 0 Å². The number of nitrogens with zero attached hydrogens (tertiary/aromatic N) is 4. The molecule has 2 aromatic rings. The fourth-order valence-electron chi connectivity index (χ4n) is 1.47. The standard InChI is InChI=1S/C10H12N4O/c1-13(2)5-8-3-11-10-12-4-9(7-15)14(10)6-8/h3-4,6-7H,5H2,1-2H3. The number of fused-ring (bicyclic) bond motifs is 1. The van der Waals surface area contributed by atoms with Crippen molar-refractivity contribution in [2.75, 3.05) is 14.1 Å². The van der Waals surface area contributed by atoms with Gasteiger partial charge in [0.15, 0.2) is 6.29 Å². The molecule has 0 saturated heterocycles. The van der Waals surface area contributed by atoms with E-state index in [2.05, 4.69) is 9.97 Å². The summed E-state index contributed by atoms with van der Waals surface area (Å²) in [6, 6.07) is 0. The zero-order valence-corrected chi connectivity index (χ0v) is 8.71. The minimum absolute atomic E-state index is 0.526. The first-order valence-electron chi connectivity index (χ1n) is 4.62. The molecular formula is C10H12N4O. The lowest BCUT2D eigenvalue weighted by atomic mass is 10.3. The zero-order chi connectivity index (χ0) is 10.8. The molecule has 2 heterocycles. The molecule has 5 heteroatoms. The second kappa shape index (κ2) is 3.78. The van der Waals surface area contributed by atoms with Gasteiger partial charge in [0, 0.05) is 24.5 Å². The van der Waals surface area contributed by atoms with Crippen molar-refractivity contribution in [2.24, 2.45) is 0 Å². The van der Waals surface area contributed by atoms with Gasteiger partial charge in [0.1, 0.15) is 5.69 Å². The van der Waals surface area contributed by atoms with Crippen molar-refractivity contribution in [1.29, 1.82) is 0 Å². The van der Waals surface area contributed by atoms with E-state index in [1.807, 2.05) is 25.2 Å². The Balaban J connectivity index is 2.48. The SMILES string of the molecule is CN(C)Cc1cnc2ncc(C=O)n2c1. The minimum Gasteiger partial charge on any atom is -0.305 e. The highest BCUT2D eigenvalue weighted by molar-refractivity contribution is 5.73. The van der Waals surface area contributed by atoms with E-state index in [0.717, 1.165) is 18.4 Å². The van der Waals surface area contributed by atoms with Gasteiger partial charge in [0.25, 0.3) is 0 Å². The Hall–Kier alpha value is -1.75. The van der Waals surface area contributed by atoms with Gasteiger partial charge < -0.3 is 4.90 Å². The summed E-state index contributed by atoms with van der Waals surface area (Å²) in [5, 5.41) is 0. The molecule has 0 unspecified atom stereocenters. The summed E-state index contributed by atoms with van der Waals surface area (Å²) in [7, 11) is 3.97. The highest BCUT2D eigenvalue weighted by atomic mass is 16.1. The number of hydrogen-bond donors (Lipinski definition) is 0. The summed E-state index contributed by atoms with van der Waals surface area (Å²) in [4.78, 5) is 20.9. The quantitative estimate of drug-likeness (QED) is 0.687. The molecule has 0 N–H and O–H groups in total. The van der Waals surface area contributed by atoms with Crippen LogP contribution in [0.15, 0.2) is 18.6 Å². The van der Waals surface area contributed by atoms with Crippen LogP contribution in [0.5, 0.6) is 0 Å². The molecule has 2 rings (SSSR count). The summed E-state index contributed by atoms with van der Waals surface area (Å²) < 4.78 is 1.70. The third-order valence-electron chi connectivity index (χ3n) is 2.07. The van der Waals surface area contributed by atoms with Crippen LogP contribution in [0.3, 0.4) is 0 Å². The topological polar surface area (TPSA) is 50.5 Å². The Bertz CT molecular complexity index is 489. The average molecular weight is 204 g/mol. The number of carbonyl (C=O) groups is 1. The maximum Gasteiger partial charge on any atom is 0.234 e. The highest BCUT2D eigenvalue weighted by Crippen LogP contribution is 2.06. The molecule has 5 nitrogen and oxygen atoms in total. The van der Waals surface area contributed by atoms with Crippen molar-refractivity contribution >= 4 is 12.1 Å². The Morgan fingerprint density at radius 3 is 2.80 bits per heavy atom. The molecule has 0 aliphatic carbocycles. The number of imidazole rings is 1. The first-order valence-corrected chi connectivity index (χ1v) is 4.62. The van der Waals surface area contributed by atoms with Crippen molar-refractivity contribution in [3.63, 3.8) is 0 Å². The maximum absolute atomic E-state index is 10.7. The molecule has 0 spiro atoms. The van der Waals surface area contributed by atoms with E-state index >= 15 is 0 Å². The lowest BCUT2D eigenvalue weighted by Crippen LogP contribution is -2.11. The predicted octanol–water partition coefficient (Wildman–Crippen LogP) is 0.603. The first-order chi connectivity index (χ1) is 7.20. The summed E-state index contributed by atoms with van der Waals surface area (Å²) >= 11 is 0. The molecule has 15 heavy (non-hydrogen) atoms. The Morgan fingerprint density at radius 1 is 1.40 bits per heavy atom. The normalized spacial score (nSPS) is 11.1. The van der Waals surface area contributed by atoms with E-state index in [1.165, 1.54) is 6.20 Å². The zero-order valence-electron chi connectivity index (χ0n) is 8.71. The number of hydrogen-bond acceptors (Lipinski definition) is 4. The molecule has 2 aromatic heterocycles. The van der Waals surface area contributed by atoms with Crippen LogP contribution in [0.2, 0.25) is 0 Å². The fraction of sp³-hybridized carbons (Fsp3) is 0.300. The van der Waals surface area contributed by atoms with E-state index in [1.54, 1.807) is 10.6 Å².